The van der Waals surface area contributed by atoms with E-state index in [0.717, 1.165) is 24.3 Å². The van der Waals surface area contributed by atoms with Crippen LogP contribution in [-0.4, -0.2) is 31.0 Å². The van der Waals surface area contributed by atoms with Gasteiger partial charge in [0.2, 0.25) is 0 Å². The molecule has 1 fully saturated rings. The minimum Gasteiger partial charge on any atom is -0.372 e. The molecule has 1 unspecified atom stereocenters. The topological polar surface area (TPSA) is 61.5 Å². The van der Waals surface area contributed by atoms with Crippen LogP contribution in [-0.2, 0) is 6.54 Å². The summed E-state index contributed by atoms with van der Waals surface area (Å²) in [6, 6.07) is 7.96. The van der Waals surface area contributed by atoms with Gasteiger partial charge in [0.1, 0.15) is 6.23 Å². The van der Waals surface area contributed by atoms with Crippen molar-refractivity contribution in [2.24, 2.45) is 5.73 Å². The lowest BCUT2D eigenvalue weighted by molar-refractivity contribution is 0.151. The van der Waals surface area contributed by atoms with E-state index in [-0.39, 0.29) is 12.4 Å². The van der Waals surface area contributed by atoms with Crippen LogP contribution in [0.1, 0.15) is 5.56 Å². The number of hydrogen-bond donors (Lipinski definition) is 3. The second-order valence-corrected chi connectivity index (χ2v) is 3.71. The first-order valence-corrected chi connectivity index (χ1v) is 5.26. The fourth-order valence-electron chi connectivity index (χ4n) is 1.93. The van der Waals surface area contributed by atoms with E-state index in [1.165, 1.54) is 0 Å². The summed E-state index contributed by atoms with van der Waals surface area (Å²) in [5, 5.41) is 13.0. The molecule has 1 aromatic carbocycles. The Hall–Kier alpha value is -0.810. The van der Waals surface area contributed by atoms with Gasteiger partial charge in [0.25, 0.3) is 0 Å². The third kappa shape index (κ3) is 2.65. The third-order valence-electron chi connectivity index (χ3n) is 2.74. The maximum atomic E-state index is 9.86. The summed E-state index contributed by atoms with van der Waals surface area (Å²) in [6.45, 7) is 2.83. The fraction of sp³-hybridized carbons (Fsp3) is 0.455. The molecule has 0 spiro atoms. The van der Waals surface area contributed by atoms with Gasteiger partial charge in [0.05, 0.1) is 0 Å². The number of benzene rings is 1. The van der Waals surface area contributed by atoms with Crippen molar-refractivity contribution in [3.63, 3.8) is 0 Å². The van der Waals surface area contributed by atoms with Crippen LogP contribution >= 0.6 is 12.4 Å². The maximum absolute atomic E-state index is 9.86. The zero-order valence-corrected chi connectivity index (χ0v) is 9.91. The molecule has 1 saturated heterocycles. The first kappa shape index (κ1) is 13.3. The Morgan fingerprint density at radius 1 is 1.44 bits per heavy atom. The van der Waals surface area contributed by atoms with Crippen LogP contribution in [0.5, 0.6) is 0 Å². The average molecular weight is 244 g/mol. The highest BCUT2D eigenvalue weighted by atomic mass is 35.5. The van der Waals surface area contributed by atoms with Gasteiger partial charge in [-0.1, -0.05) is 18.2 Å². The summed E-state index contributed by atoms with van der Waals surface area (Å²) in [5.41, 5.74) is 7.81. The normalized spacial score (nSPS) is 20.4. The molecule has 5 heteroatoms. The van der Waals surface area contributed by atoms with Gasteiger partial charge in [0, 0.05) is 31.9 Å². The number of halogens is 1. The smallest absolute Gasteiger partial charge is 0.139 e. The van der Waals surface area contributed by atoms with Crippen LogP contribution in [0.15, 0.2) is 24.3 Å². The predicted molar refractivity (Wildman–Crippen MR) is 67.8 cm³/mol. The number of anilines is 1. The molecule has 1 aromatic rings. The quantitative estimate of drug-likeness (QED) is 0.699. The van der Waals surface area contributed by atoms with Crippen LogP contribution in [0, 0.1) is 0 Å². The zero-order valence-electron chi connectivity index (χ0n) is 9.10. The highest BCUT2D eigenvalue weighted by Gasteiger charge is 2.21. The summed E-state index contributed by atoms with van der Waals surface area (Å²) >= 11 is 0. The number of aliphatic hydroxyl groups is 1. The number of β-amino-alcohol motifs (C(OH)–C–C–N with tert-alkyl or cyclic N) is 1. The van der Waals surface area contributed by atoms with Gasteiger partial charge in [-0.25, -0.2) is 0 Å². The molecule has 1 atom stereocenters. The van der Waals surface area contributed by atoms with Crippen molar-refractivity contribution in [3.05, 3.63) is 29.8 Å². The van der Waals surface area contributed by atoms with Crippen LogP contribution in [0.25, 0.3) is 0 Å². The molecular weight excluding hydrogens is 226 g/mol. The minimum atomic E-state index is -0.452. The molecule has 0 amide bonds. The number of rotatable bonds is 2. The van der Waals surface area contributed by atoms with Crippen molar-refractivity contribution in [2.75, 3.05) is 24.5 Å². The van der Waals surface area contributed by atoms with Gasteiger partial charge >= 0.3 is 0 Å². The third-order valence-corrected chi connectivity index (χ3v) is 2.74. The van der Waals surface area contributed by atoms with E-state index >= 15 is 0 Å². The lowest BCUT2D eigenvalue weighted by Gasteiger charge is -2.35. The van der Waals surface area contributed by atoms with Gasteiger partial charge < -0.3 is 21.1 Å². The van der Waals surface area contributed by atoms with Crippen LogP contribution in [0.3, 0.4) is 0 Å². The van der Waals surface area contributed by atoms with Crippen molar-refractivity contribution in [1.29, 1.82) is 0 Å². The van der Waals surface area contributed by atoms with Gasteiger partial charge in [-0.15, -0.1) is 12.4 Å². The molecule has 0 bridgehead atoms. The lowest BCUT2D eigenvalue weighted by Crippen LogP contribution is -2.51. The van der Waals surface area contributed by atoms with E-state index in [0.29, 0.717) is 13.1 Å². The molecule has 0 saturated carbocycles. The van der Waals surface area contributed by atoms with Gasteiger partial charge in [-0.05, 0) is 11.6 Å². The largest absolute Gasteiger partial charge is 0.372 e. The molecule has 16 heavy (non-hydrogen) atoms. The number of aliphatic hydroxyl groups excluding tert-OH is 1. The molecule has 0 aliphatic carbocycles. The maximum Gasteiger partial charge on any atom is 0.139 e. The summed E-state index contributed by atoms with van der Waals surface area (Å²) in [4.78, 5) is 2.00. The van der Waals surface area contributed by atoms with E-state index in [9.17, 15) is 5.11 Å². The molecule has 1 heterocycles. The van der Waals surface area contributed by atoms with E-state index in [2.05, 4.69) is 5.32 Å². The second-order valence-electron chi connectivity index (χ2n) is 3.71. The molecular formula is C11H18ClN3O. The second kappa shape index (κ2) is 6.06. The predicted octanol–water partition coefficient (Wildman–Crippen LogP) is 0.295. The first-order valence-electron chi connectivity index (χ1n) is 5.26. The van der Waals surface area contributed by atoms with E-state index in [4.69, 9.17) is 5.73 Å². The molecule has 2 rings (SSSR count). The van der Waals surface area contributed by atoms with Crippen LogP contribution < -0.4 is 16.0 Å². The summed E-state index contributed by atoms with van der Waals surface area (Å²) in [7, 11) is 0. The summed E-state index contributed by atoms with van der Waals surface area (Å²) in [5.74, 6) is 0. The molecule has 4 N–H and O–H groups in total. The number of hydrogen-bond acceptors (Lipinski definition) is 4. The number of nitrogens with two attached hydrogens (primary N) is 1. The van der Waals surface area contributed by atoms with Crippen LogP contribution in [0.4, 0.5) is 5.69 Å². The van der Waals surface area contributed by atoms with Crippen LogP contribution in [0.2, 0.25) is 0 Å². The summed E-state index contributed by atoms with van der Waals surface area (Å²) < 4.78 is 0. The number of para-hydroxylation sites is 1. The zero-order chi connectivity index (χ0) is 10.7. The number of nitrogens with one attached hydrogen (secondary N) is 1. The van der Waals surface area contributed by atoms with Crippen molar-refractivity contribution < 1.29 is 5.11 Å². The molecule has 90 valence electrons. The van der Waals surface area contributed by atoms with Gasteiger partial charge in [0.15, 0.2) is 0 Å². The fourth-order valence-corrected chi connectivity index (χ4v) is 1.93. The standard InChI is InChI=1S/C11H17N3O.ClH/c12-7-9-3-1-2-4-10(9)14-6-5-13-8-11(14)15;/h1-4,11,13,15H,5-8,12H2;1H. The Balaban J connectivity index is 0.00000128. The molecule has 0 radical (unpaired) electrons. The lowest BCUT2D eigenvalue weighted by atomic mass is 10.1. The van der Waals surface area contributed by atoms with E-state index in [1.54, 1.807) is 0 Å². The molecule has 4 nitrogen and oxygen atoms in total. The average Bonchev–Trinajstić information content (AvgIpc) is 2.30. The molecule has 1 aliphatic heterocycles. The van der Waals surface area contributed by atoms with Crippen molar-refractivity contribution in [2.45, 2.75) is 12.8 Å². The van der Waals surface area contributed by atoms with E-state index < -0.39 is 6.23 Å². The highest BCUT2D eigenvalue weighted by Crippen LogP contribution is 2.22. The van der Waals surface area contributed by atoms with Gasteiger partial charge in [-0.3, -0.25) is 0 Å². The number of nitrogens with zero attached hydrogens (tertiary/aromatic N) is 1. The monoisotopic (exact) mass is 243 g/mol. The Bertz CT molecular complexity index is 335. The Morgan fingerprint density at radius 2 is 2.19 bits per heavy atom. The Labute approximate surface area is 102 Å². The van der Waals surface area contributed by atoms with Gasteiger partial charge in [-0.2, -0.15) is 0 Å². The van der Waals surface area contributed by atoms with Crippen molar-refractivity contribution in [3.8, 4) is 0 Å². The molecule has 0 aromatic heterocycles. The minimum absolute atomic E-state index is 0. The highest BCUT2D eigenvalue weighted by molar-refractivity contribution is 5.85. The van der Waals surface area contributed by atoms with E-state index in [1.807, 2.05) is 29.2 Å². The SMILES string of the molecule is Cl.NCc1ccccc1N1CCNCC1O. The first-order chi connectivity index (χ1) is 7.33. The number of piperazine rings is 1. The Kier molecular flexibility index (Phi) is 5.02. The van der Waals surface area contributed by atoms with Crippen molar-refractivity contribution >= 4 is 18.1 Å². The summed E-state index contributed by atoms with van der Waals surface area (Å²) in [6.07, 6.45) is -0.452. The Morgan fingerprint density at radius 3 is 2.88 bits per heavy atom. The molecule has 1 aliphatic rings. The van der Waals surface area contributed by atoms with Crippen molar-refractivity contribution in [1.82, 2.24) is 5.32 Å².